The molecule has 0 aromatic rings. The molecule has 1 atom stereocenters. The van der Waals surface area contributed by atoms with Gasteiger partial charge in [0, 0.05) is 0 Å². The molecular weight excluding hydrogens is 139 g/mol. The highest BCUT2D eigenvalue weighted by molar-refractivity contribution is 7.55. The van der Waals surface area contributed by atoms with Gasteiger partial charge in [-0.1, -0.05) is 20.8 Å². The summed E-state index contributed by atoms with van der Waals surface area (Å²) in [6, 6.07) is 0. The smallest absolute Gasteiger partial charge is 0.0305 e. The lowest BCUT2D eigenvalue weighted by Crippen LogP contribution is -2.03. The normalized spacial score (nSPS) is 14.7. The van der Waals surface area contributed by atoms with Crippen molar-refractivity contribution in [1.82, 2.24) is 0 Å². The predicted octanol–water partition coefficient (Wildman–Crippen LogP) is 3.41. The lowest BCUT2D eigenvalue weighted by Gasteiger charge is -2.15. The second-order valence-electron chi connectivity index (χ2n) is 4.00. The maximum absolute atomic E-state index is 2.38. The molecule has 0 aliphatic heterocycles. The Kier molecular flexibility index (Phi) is 5.35. The second kappa shape index (κ2) is 5.13. The van der Waals surface area contributed by atoms with Crippen LogP contribution < -0.4 is 0 Å². The van der Waals surface area contributed by atoms with Crippen molar-refractivity contribution in [2.45, 2.75) is 27.2 Å². The van der Waals surface area contributed by atoms with Gasteiger partial charge in [0.1, 0.15) is 0 Å². The van der Waals surface area contributed by atoms with E-state index in [1.807, 2.05) is 0 Å². The molecule has 0 aromatic carbocycles. The number of hydrogen-bond acceptors (Lipinski definition) is 0. The van der Waals surface area contributed by atoms with E-state index in [9.17, 15) is 0 Å². The summed E-state index contributed by atoms with van der Waals surface area (Å²) in [5, 5.41) is 0. The lowest BCUT2D eigenvalue weighted by atomic mass is 10.0. The number of hydrogen-bond donors (Lipinski definition) is 0. The van der Waals surface area contributed by atoms with Gasteiger partial charge in [0.2, 0.25) is 0 Å². The predicted molar refractivity (Wildman–Crippen MR) is 52.3 cm³/mol. The fourth-order valence-electron chi connectivity index (χ4n) is 1.50. The zero-order valence-corrected chi connectivity index (χ0v) is 8.91. The van der Waals surface area contributed by atoms with Gasteiger partial charge in [-0.25, -0.2) is 0 Å². The fraction of sp³-hybridized carbons (Fsp3) is 1.00. The Morgan fingerprint density at radius 1 is 1.10 bits per heavy atom. The zero-order chi connectivity index (χ0) is 8.15. The van der Waals surface area contributed by atoms with E-state index in [0.29, 0.717) is 7.92 Å². The first-order valence-electron chi connectivity index (χ1n) is 4.17. The Labute approximate surface area is 67.2 Å². The van der Waals surface area contributed by atoms with E-state index >= 15 is 0 Å². The lowest BCUT2D eigenvalue weighted by molar-refractivity contribution is 0.473. The molecule has 0 fully saturated rings. The van der Waals surface area contributed by atoms with Gasteiger partial charge in [-0.05, 0) is 37.7 Å². The highest BCUT2D eigenvalue weighted by atomic mass is 31.1. The SMILES string of the molecule is CC(C)CC(C)CP(C)C. The molecule has 0 aromatic heterocycles. The van der Waals surface area contributed by atoms with E-state index < -0.39 is 0 Å². The van der Waals surface area contributed by atoms with Gasteiger partial charge in [-0.3, -0.25) is 0 Å². The van der Waals surface area contributed by atoms with E-state index in [4.69, 9.17) is 0 Å². The van der Waals surface area contributed by atoms with Gasteiger partial charge in [0.05, 0.1) is 0 Å². The molecule has 0 amide bonds. The maximum atomic E-state index is 2.38. The fourth-order valence-corrected chi connectivity index (χ4v) is 2.90. The Morgan fingerprint density at radius 2 is 1.60 bits per heavy atom. The van der Waals surface area contributed by atoms with Crippen LogP contribution >= 0.6 is 7.92 Å². The third-order valence-corrected chi connectivity index (χ3v) is 2.90. The minimum absolute atomic E-state index is 0.330. The van der Waals surface area contributed by atoms with E-state index in [2.05, 4.69) is 34.1 Å². The molecule has 62 valence electrons. The summed E-state index contributed by atoms with van der Waals surface area (Å²) in [5.74, 6) is 1.83. The highest BCUT2D eigenvalue weighted by Gasteiger charge is 2.05. The van der Waals surface area contributed by atoms with Crippen molar-refractivity contribution in [3.05, 3.63) is 0 Å². The van der Waals surface area contributed by atoms with E-state index in [1.165, 1.54) is 12.6 Å². The molecule has 0 saturated carbocycles. The van der Waals surface area contributed by atoms with Crippen molar-refractivity contribution in [3.8, 4) is 0 Å². The molecule has 10 heavy (non-hydrogen) atoms. The summed E-state index contributed by atoms with van der Waals surface area (Å²) in [7, 11) is 0.330. The third kappa shape index (κ3) is 6.55. The monoisotopic (exact) mass is 160 g/mol. The van der Waals surface area contributed by atoms with Crippen molar-refractivity contribution >= 4 is 7.92 Å². The molecule has 0 spiro atoms. The van der Waals surface area contributed by atoms with Crippen LogP contribution in [0.1, 0.15) is 27.2 Å². The van der Waals surface area contributed by atoms with Crippen molar-refractivity contribution in [1.29, 1.82) is 0 Å². The molecule has 1 unspecified atom stereocenters. The van der Waals surface area contributed by atoms with E-state index in [0.717, 1.165) is 11.8 Å². The summed E-state index contributed by atoms with van der Waals surface area (Å²) in [4.78, 5) is 0. The molecule has 0 saturated heterocycles. The molecule has 1 heteroatoms. The largest absolute Gasteiger partial charge is 0.113 e. The van der Waals surface area contributed by atoms with E-state index in [-0.39, 0.29) is 0 Å². The third-order valence-electron chi connectivity index (χ3n) is 1.55. The molecule has 0 nitrogen and oxygen atoms in total. The van der Waals surface area contributed by atoms with Gasteiger partial charge < -0.3 is 0 Å². The average Bonchev–Trinajstić information content (AvgIpc) is 1.58. The topological polar surface area (TPSA) is 0 Å². The van der Waals surface area contributed by atoms with Crippen molar-refractivity contribution in [3.63, 3.8) is 0 Å². The molecule has 0 bridgehead atoms. The van der Waals surface area contributed by atoms with E-state index in [1.54, 1.807) is 0 Å². The van der Waals surface area contributed by atoms with Crippen LogP contribution in [0.4, 0.5) is 0 Å². The summed E-state index contributed by atoms with van der Waals surface area (Å²) in [5.41, 5.74) is 0. The Balaban J connectivity index is 3.34. The van der Waals surface area contributed by atoms with Gasteiger partial charge >= 0.3 is 0 Å². The first-order valence-corrected chi connectivity index (χ1v) is 6.59. The van der Waals surface area contributed by atoms with Gasteiger partial charge in [-0.15, -0.1) is 7.92 Å². The minimum atomic E-state index is 0.330. The van der Waals surface area contributed by atoms with Crippen LogP contribution in [0.3, 0.4) is 0 Å². The maximum Gasteiger partial charge on any atom is -0.0305 e. The number of rotatable bonds is 4. The molecular formula is C9H21P. The highest BCUT2D eigenvalue weighted by Crippen LogP contribution is 2.29. The summed E-state index contributed by atoms with van der Waals surface area (Å²) >= 11 is 0. The van der Waals surface area contributed by atoms with Gasteiger partial charge in [-0.2, -0.15) is 0 Å². The summed E-state index contributed by atoms with van der Waals surface area (Å²) < 4.78 is 0. The van der Waals surface area contributed by atoms with Crippen LogP contribution in [0.25, 0.3) is 0 Å². The van der Waals surface area contributed by atoms with Gasteiger partial charge in [0.25, 0.3) is 0 Å². The molecule has 0 rings (SSSR count). The van der Waals surface area contributed by atoms with Crippen molar-refractivity contribution in [2.75, 3.05) is 19.5 Å². The summed E-state index contributed by atoms with van der Waals surface area (Å²) in [6.07, 6.45) is 2.86. The first kappa shape index (κ1) is 10.4. The minimum Gasteiger partial charge on any atom is -0.113 e. The molecule has 0 radical (unpaired) electrons. The van der Waals surface area contributed by atoms with Crippen LogP contribution in [0.2, 0.25) is 0 Å². The van der Waals surface area contributed by atoms with Gasteiger partial charge in [0.15, 0.2) is 0 Å². The van der Waals surface area contributed by atoms with Crippen molar-refractivity contribution in [2.24, 2.45) is 11.8 Å². The van der Waals surface area contributed by atoms with Crippen LogP contribution in [-0.4, -0.2) is 19.5 Å². The Hall–Kier alpha value is 0.430. The standard InChI is InChI=1S/C9H21P/c1-8(2)6-9(3)7-10(4)5/h8-9H,6-7H2,1-5H3. The molecule has 0 N–H and O–H groups in total. The van der Waals surface area contributed by atoms with Crippen molar-refractivity contribution < 1.29 is 0 Å². The van der Waals surface area contributed by atoms with Crippen LogP contribution in [0, 0.1) is 11.8 Å². The zero-order valence-electron chi connectivity index (χ0n) is 8.02. The summed E-state index contributed by atoms with van der Waals surface area (Å²) in [6.45, 7) is 11.7. The van der Waals surface area contributed by atoms with Crippen LogP contribution in [0.5, 0.6) is 0 Å². The molecule has 0 heterocycles. The second-order valence-corrected chi connectivity index (χ2v) is 6.52. The Bertz CT molecular complexity index is 66.8. The molecule has 0 aliphatic carbocycles. The van der Waals surface area contributed by atoms with Crippen LogP contribution in [-0.2, 0) is 0 Å². The quantitative estimate of drug-likeness (QED) is 0.553. The first-order chi connectivity index (χ1) is 4.52. The Morgan fingerprint density at radius 3 is 1.90 bits per heavy atom. The van der Waals surface area contributed by atoms with Crippen LogP contribution in [0.15, 0.2) is 0 Å². The molecule has 0 aliphatic rings. The average molecular weight is 160 g/mol.